The van der Waals surface area contributed by atoms with Gasteiger partial charge in [-0.2, -0.15) is 0 Å². The molecule has 0 aromatic heterocycles. The van der Waals surface area contributed by atoms with Gasteiger partial charge in [0.15, 0.2) is 15.0 Å². The molecule has 0 aliphatic carbocycles. The molecule has 2 fully saturated rings. The molecule has 7 nitrogen and oxygen atoms in total. The lowest BCUT2D eigenvalue weighted by Crippen LogP contribution is -2.53. The summed E-state index contributed by atoms with van der Waals surface area (Å²) >= 11 is 7.83. The van der Waals surface area contributed by atoms with Crippen molar-refractivity contribution in [2.75, 3.05) is 41.4 Å². The second-order valence-corrected chi connectivity index (χ2v) is 13.0. The fourth-order valence-electron chi connectivity index (χ4n) is 4.80. The van der Waals surface area contributed by atoms with Gasteiger partial charge in [-0.15, -0.1) is 0 Å². The first-order valence-electron chi connectivity index (χ1n) is 11.3. The van der Waals surface area contributed by atoms with E-state index in [0.29, 0.717) is 34.5 Å². The Hall–Kier alpha value is -2.23. The summed E-state index contributed by atoms with van der Waals surface area (Å²) in [5.41, 5.74) is 3.58. The van der Waals surface area contributed by atoms with E-state index in [9.17, 15) is 13.2 Å². The molecule has 180 valence electrons. The van der Waals surface area contributed by atoms with Crippen LogP contribution in [0.2, 0.25) is 5.02 Å². The summed E-state index contributed by atoms with van der Waals surface area (Å²) in [5.74, 6) is 0.213. The number of nitrogens with zero attached hydrogens (tertiary/aromatic N) is 3. The number of hydrogen-bond acceptors (Lipinski definition) is 7. The number of amides is 1. The van der Waals surface area contributed by atoms with Crippen molar-refractivity contribution in [3.63, 3.8) is 0 Å². The number of amidine groups is 1. The van der Waals surface area contributed by atoms with E-state index in [-0.39, 0.29) is 34.7 Å². The van der Waals surface area contributed by atoms with Gasteiger partial charge < -0.3 is 15.1 Å². The molecule has 2 aromatic carbocycles. The van der Waals surface area contributed by atoms with Crippen molar-refractivity contribution in [1.29, 1.82) is 0 Å². The zero-order valence-electron chi connectivity index (χ0n) is 19.1. The van der Waals surface area contributed by atoms with E-state index in [2.05, 4.69) is 53.3 Å². The molecule has 3 aliphatic heterocycles. The molecule has 5 rings (SSSR count). The quantitative estimate of drug-likeness (QED) is 0.667. The number of rotatable bonds is 3. The van der Waals surface area contributed by atoms with Crippen LogP contribution >= 0.6 is 23.4 Å². The standard InChI is InChI=1S/C24H27ClN4O3S2/c1-15-4-3-5-18(10-15)29-9-8-28(12-16(29)2)23(30)17-6-7-19(25)20(11-17)26-24-27-21-13-34(31,32)14-22(21)33-24/h3-7,10-11,16,21-22H,8-9,12-14H2,1-2H3,(H,26,27)/t16-,21+,22+/m0/s1. The van der Waals surface area contributed by atoms with Crippen LogP contribution in [-0.2, 0) is 9.84 Å². The van der Waals surface area contributed by atoms with Crippen molar-refractivity contribution in [2.24, 2.45) is 4.99 Å². The molecule has 0 spiro atoms. The van der Waals surface area contributed by atoms with Gasteiger partial charge in [0.2, 0.25) is 0 Å². The Morgan fingerprint density at radius 3 is 2.74 bits per heavy atom. The van der Waals surface area contributed by atoms with Crippen LogP contribution in [0.25, 0.3) is 0 Å². The molecule has 3 atom stereocenters. The highest BCUT2D eigenvalue weighted by Crippen LogP contribution is 2.36. The Morgan fingerprint density at radius 1 is 1.18 bits per heavy atom. The highest BCUT2D eigenvalue weighted by Gasteiger charge is 2.42. The van der Waals surface area contributed by atoms with Crippen LogP contribution < -0.4 is 10.2 Å². The minimum absolute atomic E-state index is 0.0283. The van der Waals surface area contributed by atoms with Gasteiger partial charge in [-0.25, -0.2) is 8.42 Å². The Balaban J connectivity index is 1.27. The molecule has 2 aromatic rings. The van der Waals surface area contributed by atoms with E-state index in [1.54, 1.807) is 18.2 Å². The average molecular weight is 519 g/mol. The predicted octanol–water partition coefficient (Wildman–Crippen LogP) is 3.68. The first-order chi connectivity index (χ1) is 16.2. The maximum Gasteiger partial charge on any atom is 0.254 e. The van der Waals surface area contributed by atoms with Crippen molar-refractivity contribution >= 4 is 55.6 Å². The third kappa shape index (κ3) is 4.78. The number of fused-ring (bicyclic) bond motifs is 1. The van der Waals surface area contributed by atoms with E-state index in [1.807, 2.05) is 4.90 Å². The van der Waals surface area contributed by atoms with Gasteiger partial charge in [0.05, 0.1) is 28.3 Å². The Morgan fingerprint density at radius 2 is 2.00 bits per heavy atom. The summed E-state index contributed by atoms with van der Waals surface area (Å²) in [5, 5.41) is 4.30. The zero-order chi connectivity index (χ0) is 24.0. The fourth-order valence-corrected chi connectivity index (χ4v) is 8.63. The van der Waals surface area contributed by atoms with E-state index in [4.69, 9.17) is 11.6 Å². The summed E-state index contributed by atoms with van der Waals surface area (Å²) in [7, 11) is -3.00. The number of aliphatic imine (C=N–C) groups is 1. The van der Waals surface area contributed by atoms with E-state index in [0.717, 1.165) is 6.54 Å². The van der Waals surface area contributed by atoms with Crippen LogP contribution in [-0.4, -0.2) is 72.9 Å². The van der Waals surface area contributed by atoms with Crippen LogP contribution in [0.5, 0.6) is 0 Å². The van der Waals surface area contributed by atoms with Crippen molar-refractivity contribution in [2.45, 2.75) is 31.2 Å². The van der Waals surface area contributed by atoms with Crippen molar-refractivity contribution in [1.82, 2.24) is 4.90 Å². The minimum Gasteiger partial charge on any atom is -0.365 e. The Bertz CT molecular complexity index is 1270. The number of nitrogens with one attached hydrogen (secondary N) is 1. The van der Waals surface area contributed by atoms with Crippen molar-refractivity contribution in [3.8, 4) is 0 Å². The SMILES string of the molecule is Cc1cccc(N2CCN(C(=O)c3ccc(Cl)c(NC4=N[C@@H]5CS(=O)(=O)C[C@H]5S4)c3)C[C@@H]2C)c1. The van der Waals surface area contributed by atoms with Gasteiger partial charge in [0.1, 0.15) is 0 Å². The first-order valence-corrected chi connectivity index (χ1v) is 14.4. The third-order valence-corrected chi connectivity index (χ3v) is 9.99. The average Bonchev–Trinajstić information content (AvgIpc) is 3.27. The van der Waals surface area contributed by atoms with Crippen molar-refractivity contribution in [3.05, 3.63) is 58.6 Å². The molecule has 1 amide bonds. The van der Waals surface area contributed by atoms with Crippen LogP contribution in [0.4, 0.5) is 11.4 Å². The van der Waals surface area contributed by atoms with Gasteiger partial charge in [-0.1, -0.05) is 35.5 Å². The van der Waals surface area contributed by atoms with Crippen LogP contribution in [0.3, 0.4) is 0 Å². The molecule has 0 bridgehead atoms. The minimum atomic E-state index is -3.00. The summed E-state index contributed by atoms with van der Waals surface area (Å²) in [6.45, 7) is 6.28. The summed E-state index contributed by atoms with van der Waals surface area (Å²) < 4.78 is 23.6. The van der Waals surface area contributed by atoms with Gasteiger partial charge in [-0.3, -0.25) is 9.79 Å². The second-order valence-electron chi connectivity index (χ2n) is 9.19. The molecular weight excluding hydrogens is 492 g/mol. The number of anilines is 2. The number of carbonyl (C=O) groups is 1. The second kappa shape index (κ2) is 9.09. The summed E-state index contributed by atoms with van der Waals surface area (Å²) in [6.07, 6.45) is 0. The van der Waals surface area contributed by atoms with E-state index >= 15 is 0 Å². The van der Waals surface area contributed by atoms with Crippen LogP contribution in [0.15, 0.2) is 47.5 Å². The molecule has 1 N–H and O–H groups in total. The molecule has 0 unspecified atom stereocenters. The largest absolute Gasteiger partial charge is 0.365 e. The summed E-state index contributed by atoms with van der Waals surface area (Å²) in [6, 6.07) is 13.7. The number of carbonyl (C=O) groups excluding carboxylic acids is 1. The topological polar surface area (TPSA) is 82.1 Å². The van der Waals surface area contributed by atoms with Crippen LogP contribution in [0, 0.1) is 6.92 Å². The Labute approximate surface area is 209 Å². The van der Waals surface area contributed by atoms with Crippen LogP contribution in [0.1, 0.15) is 22.8 Å². The number of benzene rings is 2. The molecule has 0 saturated carbocycles. The zero-order valence-corrected chi connectivity index (χ0v) is 21.5. The normalized spacial score (nSPS) is 25.7. The van der Waals surface area contributed by atoms with Gasteiger partial charge in [-0.05, 0) is 49.7 Å². The number of piperazine rings is 1. The summed E-state index contributed by atoms with van der Waals surface area (Å²) in [4.78, 5) is 22.1. The maximum absolute atomic E-state index is 13.3. The lowest BCUT2D eigenvalue weighted by atomic mass is 10.1. The smallest absolute Gasteiger partial charge is 0.254 e. The van der Waals surface area contributed by atoms with Gasteiger partial charge in [0.25, 0.3) is 5.91 Å². The maximum atomic E-state index is 13.3. The predicted molar refractivity (Wildman–Crippen MR) is 140 cm³/mol. The van der Waals surface area contributed by atoms with Gasteiger partial charge >= 0.3 is 0 Å². The highest BCUT2D eigenvalue weighted by molar-refractivity contribution is 8.15. The number of hydrogen-bond donors (Lipinski definition) is 1. The van der Waals surface area contributed by atoms with Gasteiger partial charge in [0, 0.05) is 42.2 Å². The first kappa shape index (κ1) is 23.5. The number of aryl methyl sites for hydroxylation is 1. The number of thioether (sulfide) groups is 1. The number of sulfone groups is 1. The molecule has 34 heavy (non-hydrogen) atoms. The molecule has 3 heterocycles. The molecule has 10 heteroatoms. The molecule has 0 radical (unpaired) electrons. The molecular formula is C24H27ClN4O3S2. The Kier molecular flexibility index (Phi) is 6.29. The monoisotopic (exact) mass is 518 g/mol. The lowest BCUT2D eigenvalue weighted by Gasteiger charge is -2.41. The van der Waals surface area contributed by atoms with E-state index < -0.39 is 9.84 Å². The van der Waals surface area contributed by atoms with Crippen molar-refractivity contribution < 1.29 is 13.2 Å². The molecule has 3 aliphatic rings. The highest BCUT2D eigenvalue weighted by atomic mass is 35.5. The van der Waals surface area contributed by atoms with E-state index in [1.165, 1.54) is 23.0 Å². The number of halogens is 1. The molecule has 2 saturated heterocycles. The third-order valence-electron chi connectivity index (χ3n) is 6.52. The fraction of sp³-hybridized carbons (Fsp3) is 0.417. The lowest BCUT2D eigenvalue weighted by molar-refractivity contribution is 0.0726.